The Kier molecular flexibility index (Phi) is 4.74. The van der Waals surface area contributed by atoms with Gasteiger partial charge in [0, 0.05) is 23.6 Å². The maximum absolute atomic E-state index is 12.1. The Morgan fingerprint density at radius 1 is 1.20 bits per heavy atom. The quantitative estimate of drug-likeness (QED) is 0.695. The summed E-state index contributed by atoms with van der Waals surface area (Å²) in [5.41, 5.74) is 1.58. The molecule has 0 unspecified atom stereocenters. The van der Waals surface area contributed by atoms with E-state index in [4.69, 9.17) is 0 Å². The molecule has 9 heteroatoms. The second-order valence-corrected chi connectivity index (χ2v) is 5.00. The lowest BCUT2D eigenvalue weighted by Crippen LogP contribution is -2.20. The lowest BCUT2D eigenvalue weighted by atomic mass is 10.2. The predicted molar refractivity (Wildman–Crippen MR) is 87.5 cm³/mol. The molecule has 126 valence electrons. The van der Waals surface area contributed by atoms with E-state index in [1.54, 1.807) is 42.7 Å². The summed E-state index contributed by atoms with van der Waals surface area (Å²) in [6.45, 7) is -0.111. The normalized spacial score (nSPS) is 10.3. The van der Waals surface area contributed by atoms with E-state index in [1.165, 1.54) is 18.0 Å². The van der Waals surface area contributed by atoms with Crippen molar-refractivity contribution in [3.8, 4) is 11.4 Å². The summed E-state index contributed by atoms with van der Waals surface area (Å²) in [7, 11) is 1.30. The number of pyridine rings is 1. The van der Waals surface area contributed by atoms with Crippen LogP contribution in [0.3, 0.4) is 0 Å². The second-order valence-electron chi connectivity index (χ2n) is 5.00. The Morgan fingerprint density at radius 2 is 2.00 bits per heavy atom. The van der Waals surface area contributed by atoms with Crippen molar-refractivity contribution >= 4 is 17.6 Å². The zero-order valence-corrected chi connectivity index (χ0v) is 13.3. The molecule has 0 aliphatic rings. The Labute approximate surface area is 142 Å². The molecule has 1 amide bonds. The van der Waals surface area contributed by atoms with Gasteiger partial charge in [-0.3, -0.25) is 9.78 Å². The van der Waals surface area contributed by atoms with Crippen molar-refractivity contribution < 1.29 is 14.3 Å². The predicted octanol–water partition coefficient (Wildman–Crippen LogP) is 1.16. The topological polar surface area (TPSA) is 112 Å². The van der Waals surface area contributed by atoms with E-state index in [9.17, 15) is 9.59 Å². The van der Waals surface area contributed by atoms with Crippen LogP contribution >= 0.6 is 0 Å². The van der Waals surface area contributed by atoms with Gasteiger partial charge in [-0.2, -0.15) is 4.80 Å². The number of ether oxygens (including phenoxy) is 1. The van der Waals surface area contributed by atoms with Gasteiger partial charge in [0.1, 0.15) is 6.54 Å². The molecule has 0 aliphatic heterocycles. The fraction of sp³-hybridized carbons (Fsp3) is 0.125. The molecule has 3 rings (SSSR count). The molecule has 0 fully saturated rings. The maximum Gasteiger partial charge on any atom is 0.337 e. The van der Waals surface area contributed by atoms with Gasteiger partial charge < -0.3 is 10.1 Å². The molecule has 9 nitrogen and oxygen atoms in total. The number of carbonyl (C=O) groups excluding carboxylic acids is 2. The van der Waals surface area contributed by atoms with E-state index in [2.05, 4.69) is 30.4 Å². The smallest absolute Gasteiger partial charge is 0.337 e. The van der Waals surface area contributed by atoms with Gasteiger partial charge >= 0.3 is 5.97 Å². The zero-order chi connectivity index (χ0) is 17.6. The van der Waals surface area contributed by atoms with Gasteiger partial charge in [0.15, 0.2) is 0 Å². The van der Waals surface area contributed by atoms with Crippen LogP contribution in [0.1, 0.15) is 10.4 Å². The Hall–Kier alpha value is -3.62. The molecule has 0 saturated heterocycles. The highest BCUT2D eigenvalue weighted by molar-refractivity contribution is 5.94. The first-order valence-electron chi connectivity index (χ1n) is 7.32. The molecule has 2 aromatic heterocycles. The number of methoxy groups -OCH3 is 1. The third-order valence-corrected chi connectivity index (χ3v) is 3.24. The third kappa shape index (κ3) is 4.02. The van der Waals surface area contributed by atoms with E-state index < -0.39 is 5.97 Å². The van der Waals surface area contributed by atoms with Crippen LogP contribution in [0.2, 0.25) is 0 Å². The molecular weight excluding hydrogens is 324 g/mol. The molecule has 0 saturated carbocycles. The molecule has 0 spiro atoms. The van der Waals surface area contributed by atoms with Gasteiger partial charge in [-0.1, -0.05) is 6.07 Å². The van der Waals surface area contributed by atoms with Gasteiger partial charge in [0.25, 0.3) is 0 Å². The van der Waals surface area contributed by atoms with Crippen LogP contribution in [0.4, 0.5) is 5.69 Å². The SMILES string of the molecule is COC(=O)c1cccc(NC(=O)Cn2nnc(-c3ccncc3)n2)c1. The molecular formula is C16H14N6O3. The summed E-state index contributed by atoms with van der Waals surface area (Å²) in [4.78, 5) is 28.7. The lowest BCUT2D eigenvalue weighted by molar-refractivity contribution is -0.117. The molecule has 3 aromatic rings. The third-order valence-electron chi connectivity index (χ3n) is 3.24. The van der Waals surface area contributed by atoms with Gasteiger partial charge in [0.05, 0.1) is 12.7 Å². The number of hydrogen-bond acceptors (Lipinski definition) is 7. The van der Waals surface area contributed by atoms with Gasteiger partial charge in [-0.05, 0) is 35.5 Å². The number of benzene rings is 1. The maximum atomic E-state index is 12.1. The van der Waals surface area contributed by atoms with Crippen molar-refractivity contribution in [3.05, 3.63) is 54.4 Å². The molecule has 0 aliphatic carbocycles. The molecule has 0 atom stereocenters. The van der Waals surface area contributed by atoms with Gasteiger partial charge in [-0.15, -0.1) is 10.2 Å². The number of rotatable bonds is 5. The zero-order valence-electron chi connectivity index (χ0n) is 13.3. The highest BCUT2D eigenvalue weighted by Crippen LogP contribution is 2.12. The van der Waals surface area contributed by atoms with Gasteiger partial charge in [0.2, 0.25) is 11.7 Å². The van der Waals surface area contributed by atoms with Crippen LogP contribution in [-0.2, 0) is 16.1 Å². The number of esters is 1. The Bertz CT molecular complexity index is 894. The average Bonchev–Trinajstić information content (AvgIpc) is 3.10. The van der Waals surface area contributed by atoms with Crippen molar-refractivity contribution in [2.75, 3.05) is 12.4 Å². The highest BCUT2D eigenvalue weighted by Gasteiger charge is 2.11. The molecule has 25 heavy (non-hydrogen) atoms. The van der Waals surface area contributed by atoms with Crippen LogP contribution in [0.5, 0.6) is 0 Å². The minimum absolute atomic E-state index is 0.111. The lowest BCUT2D eigenvalue weighted by Gasteiger charge is -2.06. The number of tetrazole rings is 1. The van der Waals surface area contributed by atoms with E-state index in [0.29, 0.717) is 17.1 Å². The Balaban J connectivity index is 1.65. The molecule has 2 heterocycles. The summed E-state index contributed by atoms with van der Waals surface area (Å²) >= 11 is 0. The summed E-state index contributed by atoms with van der Waals surface area (Å²) < 4.78 is 4.65. The standard InChI is InChI=1S/C16H14N6O3/c1-25-16(24)12-3-2-4-13(9-12)18-14(23)10-22-20-15(19-21-22)11-5-7-17-8-6-11/h2-9H,10H2,1H3,(H,18,23). The summed E-state index contributed by atoms with van der Waals surface area (Å²) in [5, 5.41) is 14.6. The van der Waals surface area contributed by atoms with E-state index >= 15 is 0 Å². The first kappa shape index (κ1) is 16.2. The number of nitrogens with zero attached hydrogens (tertiary/aromatic N) is 5. The molecule has 1 N–H and O–H groups in total. The number of nitrogens with one attached hydrogen (secondary N) is 1. The fourth-order valence-corrected chi connectivity index (χ4v) is 2.10. The average molecular weight is 338 g/mol. The summed E-state index contributed by atoms with van der Waals surface area (Å²) in [6, 6.07) is 9.94. The minimum Gasteiger partial charge on any atom is -0.465 e. The van der Waals surface area contributed by atoms with Crippen molar-refractivity contribution in [1.82, 2.24) is 25.2 Å². The minimum atomic E-state index is -0.476. The van der Waals surface area contributed by atoms with Crippen LogP contribution in [0.25, 0.3) is 11.4 Å². The number of carbonyl (C=O) groups is 2. The van der Waals surface area contributed by atoms with Crippen molar-refractivity contribution in [2.24, 2.45) is 0 Å². The summed E-state index contributed by atoms with van der Waals surface area (Å²) in [5.74, 6) is -0.417. The molecule has 1 aromatic carbocycles. The molecule has 0 bridgehead atoms. The highest BCUT2D eigenvalue weighted by atomic mass is 16.5. The van der Waals surface area contributed by atoms with Crippen LogP contribution in [-0.4, -0.2) is 44.2 Å². The number of hydrogen-bond donors (Lipinski definition) is 1. The van der Waals surface area contributed by atoms with Crippen LogP contribution in [0.15, 0.2) is 48.8 Å². The second kappa shape index (κ2) is 7.30. The van der Waals surface area contributed by atoms with E-state index in [0.717, 1.165) is 5.56 Å². The first-order valence-corrected chi connectivity index (χ1v) is 7.32. The van der Waals surface area contributed by atoms with Gasteiger partial charge in [-0.25, -0.2) is 4.79 Å². The van der Waals surface area contributed by atoms with Crippen LogP contribution < -0.4 is 5.32 Å². The van der Waals surface area contributed by atoms with E-state index in [-0.39, 0.29) is 12.5 Å². The van der Waals surface area contributed by atoms with Crippen molar-refractivity contribution in [2.45, 2.75) is 6.54 Å². The number of amides is 1. The van der Waals surface area contributed by atoms with Crippen molar-refractivity contribution in [3.63, 3.8) is 0 Å². The largest absolute Gasteiger partial charge is 0.465 e. The first-order chi connectivity index (χ1) is 12.2. The summed E-state index contributed by atoms with van der Waals surface area (Å²) in [6.07, 6.45) is 3.24. The number of aromatic nitrogens is 5. The molecule has 0 radical (unpaired) electrons. The number of anilines is 1. The van der Waals surface area contributed by atoms with Crippen LogP contribution in [0, 0.1) is 0 Å². The fourth-order valence-electron chi connectivity index (χ4n) is 2.10. The van der Waals surface area contributed by atoms with E-state index in [1.807, 2.05) is 0 Å². The van der Waals surface area contributed by atoms with Crippen molar-refractivity contribution in [1.29, 1.82) is 0 Å². The monoisotopic (exact) mass is 338 g/mol. The Morgan fingerprint density at radius 3 is 2.76 bits per heavy atom.